The van der Waals surface area contributed by atoms with Gasteiger partial charge in [-0.05, 0) is 45.2 Å². The number of aryl methyl sites for hydroxylation is 2. The predicted molar refractivity (Wildman–Crippen MR) is 81.2 cm³/mol. The summed E-state index contributed by atoms with van der Waals surface area (Å²) >= 11 is 0. The van der Waals surface area contributed by atoms with Crippen molar-refractivity contribution < 1.29 is 14.3 Å². The van der Waals surface area contributed by atoms with E-state index in [2.05, 4.69) is 0 Å². The third kappa shape index (κ3) is 3.63. The highest BCUT2D eigenvalue weighted by Gasteiger charge is 2.30. The lowest BCUT2D eigenvalue weighted by molar-refractivity contribution is -0.149. The van der Waals surface area contributed by atoms with E-state index in [9.17, 15) is 9.59 Å². The fourth-order valence-corrected chi connectivity index (χ4v) is 2.75. The Kier molecular flexibility index (Phi) is 4.99. The number of amides is 1. The average Bonchev–Trinajstić information content (AvgIpc) is 2.49. The van der Waals surface area contributed by atoms with Gasteiger partial charge in [-0.1, -0.05) is 17.7 Å². The molecular formula is C17H23NO3. The standard InChI is InChI=1S/C17H23NO3/c1-4-21-17(20)14-6-5-9-18(11-14)16(19)15-10-12(2)7-8-13(15)3/h7-8,10,14H,4-6,9,11H2,1-3H3/t14-/m0/s1. The first kappa shape index (κ1) is 15.5. The Morgan fingerprint density at radius 1 is 1.33 bits per heavy atom. The zero-order chi connectivity index (χ0) is 15.4. The minimum atomic E-state index is -0.187. The molecule has 0 spiro atoms. The molecule has 0 aliphatic carbocycles. The first-order valence-corrected chi connectivity index (χ1v) is 7.56. The van der Waals surface area contributed by atoms with Crippen LogP contribution in [0.4, 0.5) is 0 Å². The Balaban J connectivity index is 2.12. The van der Waals surface area contributed by atoms with Crippen LogP contribution in [0.2, 0.25) is 0 Å². The second-order valence-corrected chi connectivity index (χ2v) is 5.66. The van der Waals surface area contributed by atoms with E-state index < -0.39 is 0 Å². The van der Waals surface area contributed by atoms with E-state index in [1.807, 2.05) is 32.0 Å². The number of likely N-dealkylation sites (tertiary alicyclic amines) is 1. The van der Waals surface area contributed by atoms with Crippen molar-refractivity contribution >= 4 is 11.9 Å². The van der Waals surface area contributed by atoms with Crippen LogP contribution < -0.4 is 0 Å². The number of hydrogen-bond donors (Lipinski definition) is 0. The van der Waals surface area contributed by atoms with Crippen molar-refractivity contribution in [3.05, 3.63) is 34.9 Å². The second kappa shape index (κ2) is 6.74. The van der Waals surface area contributed by atoms with Crippen LogP contribution in [0.15, 0.2) is 18.2 Å². The fraction of sp³-hybridized carbons (Fsp3) is 0.529. The van der Waals surface area contributed by atoms with Gasteiger partial charge in [-0.3, -0.25) is 9.59 Å². The van der Waals surface area contributed by atoms with E-state index in [0.717, 1.165) is 29.5 Å². The molecule has 114 valence electrons. The molecule has 0 aromatic heterocycles. The Morgan fingerprint density at radius 2 is 2.10 bits per heavy atom. The van der Waals surface area contributed by atoms with E-state index in [0.29, 0.717) is 19.7 Å². The van der Waals surface area contributed by atoms with Crippen LogP contribution in [0.1, 0.15) is 41.3 Å². The number of rotatable bonds is 3. The molecule has 0 saturated carbocycles. The molecule has 0 bridgehead atoms. The number of carbonyl (C=O) groups is 2. The molecule has 0 N–H and O–H groups in total. The molecule has 21 heavy (non-hydrogen) atoms. The summed E-state index contributed by atoms with van der Waals surface area (Å²) in [6.07, 6.45) is 1.65. The Labute approximate surface area is 126 Å². The summed E-state index contributed by atoms with van der Waals surface area (Å²) in [6, 6.07) is 5.89. The van der Waals surface area contributed by atoms with Crippen LogP contribution in [0.5, 0.6) is 0 Å². The lowest BCUT2D eigenvalue weighted by Gasteiger charge is -2.32. The Morgan fingerprint density at radius 3 is 2.81 bits per heavy atom. The molecule has 0 radical (unpaired) electrons. The fourth-order valence-electron chi connectivity index (χ4n) is 2.75. The molecular weight excluding hydrogens is 266 g/mol. The molecule has 4 nitrogen and oxygen atoms in total. The van der Waals surface area contributed by atoms with Gasteiger partial charge in [0.1, 0.15) is 0 Å². The van der Waals surface area contributed by atoms with Crippen molar-refractivity contribution in [1.29, 1.82) is 0 Å². The van der Waals surface area contributed by atoms with Gasteiger partial charge in [-0.25, -0.2) is 0 Å². The average molecular weight is 289 g/mol. The minimum absolute atomic E-state index is 0.0187. The van der Waals surface area contributed by atoms with Crippen LogP contribution in [0.25, 0.3) is 0 Å². The van der Waals surface area contributed by atoms with Gasteiger partial charge in [0, 0.05) is 18.7 Å². The van der Waals surface area contributed by atoms with Gasteiger partial charge < -0.3 is 9.64 Å². The number of benzene rings is 1. The van der Waals surface area contributed by atoms with Crippen molar-refractivity contribution in [1.82, 2.24) is 4.90 Å². The summed E-state index contributed by atoms with van der Waals surface area (Å²) in [5, 5.41) is 0. The highest BCUT2D eigenvalue weighted by atomic mass is 16.5. The van der Waals surface area contributed by atoms with Gasteiger partial charge in [0.05, 0.1) is 12.5 Å². The van der Waals surface area contributed by atoms with Gasteiger partial charge in [0.2, 0.25) is 0 Å². The molecule has 1 aromatic rings. The zero-order valence-corrected chi connectivity index (χ0v) is 13.0. The molecule has 2 rings (SSSR count). The minimum Gasteiger partial charge on any atom is -0.466 e. The van der Waals surface area contributed by atoms with E-state index in [-0.39, 0.29) is 17.8 Å². The molecule has 0 unspecified atom stereocenters. The molecule has 1 saturated heterocycles. The van der Waals surface area contributed by atoms with Crippen LogP contribution in [0.3, 0.4) is 0 Å². The third-order valence-electron chi connectivity index (χ3n) is 3.95. The second-order valence-electron chi connectivity index (χ2n) is 5.66. The normalized spacial score (nSPS) is 18.4. The van der Waals surface area contributed by atoms with Gasteiger partial charge in [-0.2, -0.15) is 0 Å². The quantitative estimate of drug-likeness (QED) is 0.804. The molecule has 1 amide bonds. The van der Waals surface area contributed by atoms with Crippen LogP contribution >= 0.6 is 0 Å². The number of carbonyl (C=O) groups excluding carboxylic acids is 2. The number of hydrogen-bond acceptors (Lipinski definition) is 3. The summed E-state index contributed by atoms with van der Waals surface area (Å²) in [5.74, 6) is -0.353. The highest BCUT2D eigenvalue weighted by Crippen LogP contribution is 2.21. The van der Waals surface area contributed by atoms with Gasteiger partial charge in [0.25, 0.3) is 5.91 Å². The van der Waals surface area contributed by atoms with Crippen LogP contribution in [-0.4, -0.2) is 36.5 Å². The van der Waals surface area contributed by atoms with Crippen molar-refractivity contribution in [2.45, 2.75) is 33.6 Å². The lowest BCUT2D eigenvalue weighted by Crippen LogP contribution is -2.43. The van der Waals surface area contributed by atoms with Gasteiger partial charge in [-0.15, -0.1) is 0 Å². The third-order valence-corrected chi connectivity index (χ3v) is 3.95. The first-order valence-electron chi connectivity index (χ1n) is 7.56. The molecule has 1 atom stereocenters. The summed E-state index contributed by atoms with van der Waals surface area (Å²) in [4.78, 5) is 26.3. The van der Waals surface area contributed by atoms with Crippen LogP contribution in [0, 0.1) is 19.8 Å². The van der Waals surface area contributed by atoms with Crippen LogP contribution in [-0.2, 0) is 9.53 Å². The zero-order valence-electron chi connectivity index (χ0n) is 13.0. The number of esters is 1. The van der Waals surface area contributed by atoms with E-state index in [1.165, 1.54) is 0 Å². The maximum Gasteiger partial charge on any atom is 0.310 e. The van der Waals surface area contributed by atoms with Crippen molar-refractivity contribution in [3.63, 3.8) is 0 Å². The summed E-state index contributed by atoms with van der Waals surface area (Å²) < 4.78 is 5.08. The summed E-state index contributed by atoms with van der Waals surface area (Å²) in [5.41, 5.74) is 2.78. The maximum atomic E-state index is 12.7. The first-order chi connectivity index (χ1) is 10.0. The SMILES string of the molecule is CCOC(=O)[C@H]1CCCN(C(=O)c2cc(C)ccc2C)C1. The largest absolute Gasteiger partial charge is 0.466 e. The lowest BCUT2D eigenvalue weighted by atomic mass is 9.96. The Hall–Kier alpha value is -1.84. The Bertz CT molecular complexity index is 539. The number of ether oxygens (including phenoxy) is 1. The molecule has 1 aliphatic heterocycles. The van der Waals surface area contributed by atoms with Crippen molar-refractivity contribution in [2.75, 3.05) is 19.7 Å². The summed E-state index contributed by atoms with van der Waals surface area (Å²) in [7, 11) is 0. The number of nitrogens with zero attached hydrogens (tertiary/aromatic N) is 1. The highest BCUT2D eigenvalue weighted by molar-refractivity contribution is 5.96. The van der Waals surface area contributed by atoms with E-state index in [4.69, 9.17) is 4.74 Å². The summed E-state index contributed by atoms with van der Waals surface area (Å²) in [6.45, 7) is 7.29. The number of piperidine rings is 1. The smallest absolute Gasteiger partial charge is 0.310 e. The van der Waals surface area contributed by atoms with E-state index >= 15 is 0 Å². The maximum absolute atomic E-state index is 12.7. The van der Waals surface area contributed by atoms with Gasteiger partial charge in [0.15, 0.2) is 0 Å². The molecule has 1 aromatic carbocycles. The molecule has 1 heterocycles. The molecule has 4 heteroatoms. The molecule has 1 aliphatic rings. The predicted octanol–water partition coefficient (Wildman–Crippen LogP) is 2.72. The van der Waals surface area contributed by atoms with Crippen molar-refractivity contribution in [2.24, 2.45) is 5.92 Å². The van der Waals surface area contributed by atoms with Gasteiger partial charge >= 0.3 is 5.97 Å². The van der Waals surface area contributed by atoms with Crippen molar-refractivity contribution in [3.8, 4) is 0 Å². The van der Waals surface area contributed by atoms with E-state index in [1.54, 1.807) is 11.8 Å². The molecule has 1 fully saturated rings. The topological polar surface area (TPSA) is 46.6 Å². The monoisotopic (exact) mass is 289 g/mol.